The van der Waals surface area contributed by atoms with E-state index in [-0.39, 0.29) is 18.3 Å². The lowest BCUT2D eigenvalue weighted by atomic mass is 10.1. The number of alkyl halides is 3. The van der Waals surface area contributed by atoms with Crippen LogP contribution in [0.3, 0.4) is 0 Å². The predicted molar refractivity (Wildman–Crippen MR) is 105 cm³/mol. The van der Waals surface area contributed by atoms with E-state index >= 15 is 0 Å². The van der Waals surface area contributed by atoms with Crippen molar-refractivity contribution < 1.29 is 27.4 Å². The van der Waals surface area contributed by atoms with E-state index in [9.17, 15) is 18.0 Å². The first-order valence-electron chi connectivity index (χ1n) is 7.98. The highest BCUT2D eigenvalue weighted by Crippen LogP contribution is 2.32. The molecule has 1 N–H and O–H groups in total. The number of hydrogen-bond donors (Lipinski definition) is 1. The van der Waals surface area contributed by atoms with Crippen molar-refractivity contribution >= 4 is 40.3 Å². The highest BCUT2D eigenvalue weighted by molar-refractivity contribution is 8.26. The van der Waals surface area contributed by atoms with Gasteiger partial charge in [-0.25, -0.2) is 0 Å². The van der Waals surface area contributed by atoms with Crippen molar-refractivity contribution in [1.29, 1.82) is 0 Å². The summed E-state index contributed by atoms with van der Waals surface area (Å²) in [5, 5.41) is 2.53. The molecule has 0 radical (unpaired) electrons. The van der Waals surface area contributed by atoms with Crippen LogP contribution in [0.1, 0.15) is 16.7 Å². The molecule has 1 amide bonds. The number of hydrogen-bond acceptors (Lipinski definition) is 5. The number of rotatable bonds is 5. The van der Waals surface area contributed by atoms with Gasteiger partial charge in [0, 0.05) is 5.56 Å². The molecule has 0 aromatic heterocycles. The van der Waals surface area contributed by atoms with Gasteiger partial charge in [-0.1, -0.05) is 36.1 Å². The molecule has 1 aliphatic heterocycles. The van der Waals surface area contributed by atoms with Crippen molar-refractivity contribution in [2.75, 3.05) is 7.11 Å². The molecule has 9 heteroatoms. The SMILES string of the molecule is COc1ccc(C=C2SC(=S)NC2=O)cc1COc1cccc(C(F)(F)F)c1. The quantitative estimate of drug-likeness (QED) is 0.552. The third kappa shape index (κ3) is 4.85. The third-order valence-corrected chi connectivity index (χ3v) is 4.96. The Balaban J connectivity index is 1.81. The van der Waals surface area contributed by atoms with Crippen LogP contribution >= 0.6 is 24.0 Å². The summed E-state index contributed by atoms with van der Waals surface area (Å²) in [5.41, 5.74) is 0.557. The van der Waals surface area contributed by atoms with Gasteiger partial charge in [-0.2, -0.15) is 13.2 Å². The summed E-state index contributed by atoms with van der Waals surface area (Å²) in [5.74, 6) is 0.345. The van der Waals surface area contributed by atoms with Crippen LogP contribution in [0.2, 0.25) is 0 Å². The second kappa shape index (κ2) is 8.24. The Morgan fingerprint density at radius 3 is 2.64 bits per heavy atom. The zero-order chi connectivity index (χ0) is 20.3. The molecule has 1 heterocycles. The van der Waals surface area contributed by atoms with Crippen LogP contribution in [-0.2, 0) is 17.6 Å². The van der Waals surface area contributed by atoms with Crippen LogP contribution in [0.4, 0.5) is 13.2 Å². The van der Waals surface area contributed by atoms with Crippen molar-refractivity contribution in [2.45, 2.75) is 12.8 Å². The van der Waals surface area contributed by atoms with Gasteiger partial charge in [-0.05, 0) is 42.0 Å². The first-order chi connectivity index (χ1) is 13.3. The smallest absolute Gasteiger partial charge is 0.416 e. The molecule has 3 rings (SSSR count). The molecule has 1 saturated heterocycles. The highest BCUT2D eigenvalue weighted by atomic mass is 32.2. The fourth-order valence-corrected chi connectivity index (χ4v) is 3.54. The van der Waals surface area contributed by atoms with E-state index in [1.165, 1.54) is 19.2 Å². The second-order valence-corrected chi connectivity index (χ2v) is 7.46. The van der Waals surface area contributed by atoms with E-state index in [4.69, 9.17) is 21.7 Å². The van der Waals surface area contributed by atoms with Gasteiger partial charge in [-0.3, -0.25) is 4.79 Å². The van der Waals surface area contributed by atoms with Gasteiger partial charge in [0.1, 0.15) is 22.4 Å². The predicted octanol–water partition coefficient (Wildman–Crippen LogP) is 4.78. The molecule has 0 aliphatic carbocycles. The molecule has 146 valence electrons. The monoisotopic (exact) mass is 425 g/mol. The van der Waals surface area contributed by atoms with Crippen LogP contribution in [-0.4, -0.2) is 17.3 Å². The Labute approximate surface area is 168 Å². The number of benzene rings is 2. The summed E-state index contributed by atoms with van der Waals surface area (Å²) in [7, 11) is 1.49. The minimum atomic E-state index is -4.44. The molecule has 0 unspecified atom stereocenters. The van der Waals surface area contributed by atoms with E-state index in [1.54, 1.807) is 24.3 Å². The number of ether oxygens (including phenoxy) is 2. The maximum atomic E-state index is 12.8. The minimum absolute atomic E-state index is 0.000746. The zero-order valence-corrected chi connectivity index (χ0v) is 16.1. The average molecular weight is 425 g/mol. The number of carbonyl (C=O) groups excluding carboxylic acids is 1. The van der Waals surface area contributed by atoms with E-state index in [0.717, 1.165) is 23.9 Å². The van der Waals surface area contributed by atoms with Crippen LogP contribution in [0.15, 0.2) is 47.4 Å². The first kappa shape index (κ1) is 20.2. The summed E-state index contributed by atoms with van der Waals surface area (Å²) >= 11 is 6.12. The number of nitrogens with one attached hydrogen (secondary N) is 1. The van der Waals surface area contributed by atoms with Crippen molar-refractivity contribution in [3.63, 3.8) is 0 Å². The highest BCUT2D eigenvalue weighted by Gasteiger charge is 2.30. The Morgan fingerprint density at radius 1 is 1.21 bits per heavy atom. The van der Waals surface area contributed by atoms with Gasteiger partial charge < -0.3 is 14.8 Å². The minimum Gasteiger partial charge on any atom is -0.496 e. The average Bonchev–Trinajstić information content (AvgIpc) is 2.96. The summed E-state index contributed by atoms with van der Waals surface area (Å²) < 4.78 is 49.7. The molecule has 0 bridgehead atoms. The molecule has 2 aromatic rings. The molecular formula is C19H14F3NO3S2. The van der Waals surface area contributed by atoms with E-state index in [0.29, 0.717) is 26.1 Å². The van der Waals surface area contributed by atoms with Crippen molar-refractivity contribution in [3.8, 4) is 11.5 Å². The molecule has 1 aliphatic rings. The van der Waals surface area contributed by atoms with E-state index < -0.39 is 11.7 Å². The molecule has 4 nitrogen and oxygen atoms in total. The largest absolute Gasteiger partial charge is 0.496 e. The maximum absolute atomic E-state index is 12.8. The summed E-state index contributed by atoms with van der Waals surface area (Å²) in [6, 6.07) is 9.87. The van der Waals surface area contributed by atoms with Crippen LogP contribution in [0.25, 0.3) is 6.08 Å². The number of thiocarbonyl (C=S) groups is 1. The molecule has 2 aromatic carbocycles. The number of amides is 1. The first-order valence-corrected chi connectivity index (χ1v) is 9.20. The number of halogens is 3. The van der Waals surface area contributed by atoms with E-state index in [1.807, 2.05) is 0 Å². The number of methoxy groups -OCH3 is 1. The molecule has 28 heavy (non-hydrogen) atoms. The van der Waals surface area contributed by atoms with Gasteiger partial charge in [0.25, 0.3) is 5.91 Å². The van der Waals surface area contributed by atoms with E-state index in [2.05, 4.69) is 5.32 Å². The Bertz CT molecular complexity index is 958. The maximum Gasteiger partial charge on any atom is 0.416 e. The lowest BCUT2D eigenvalue weighted by Gasteiger charge is -2.13. The van der Waals surface area contributed by atoms with Gasteiger partial charge >= 0.3 is 6.18 Å². The number of carbonyl (C=O) groups is 1. The molecule has 1 fully saturated rings. The lowest BCUT2D eigenvalue weighted by Crippen LogP contribution is -2.17. The summed E-state index contributed by atoms with van der Waals surface area (Å²) in [6.45, 7) is -0.000746. The van der Waals surface area contributed by atoms with Gasteiger partial charge in [0.2, 0.25) is 0 Å². The van der Waals surface area contributed by atoms with Gasteiger partial charge in [0.05, 0.1) is 17.6 Å². The Morgan fingerprint density at radius 2 is 2.00 bits per heavy atom. The molecule has 0 spiro atoms. The van der Waals surface area contributed by atoms with Gasteiger partial charge in [0.15, 0.2) is 0 Å². The molecule has 0 atom stereocenters. The van der Waals surface area contributed by atoms with Crippen LogP contribution < -0.4 is 14.8 Å². The summed E-state index contributed by atoms with van der Waals surface area (Å²) in [4.78, 5) is 12.2. The lowest BCUT2D eigenvalue weighted by molar-refractivity contribution is -0.137. The van der Waals surface area contributed by atoms with Crippen LogP contribution in [0, 0.1) is 0 Å². The number of thioether (sulfide) groups is 1. The Hall–Kier alpha value is -2.52. The van der Waals surface area contributed by atoms with Gasteiger partial charge in [-0.15, -0.1) is 0 Å². The standard InChI is InChI=1S/C19H14F3NO3S2/c1-25-15-6-5-11(8-16-17(24)23-18(27)28-16)7-12(15)10-26-14-4-2-3-13(9-14)19(20,21)22/h2-9H,10H2,1H3,(H,23,24,27). The third-order valence-electron chi connectivity index (χ3n) is 3.80. The topological polar surface area (TPSA) is 47.6 Å². The van der Waals surface area contributed by atoms with Crippen LogP contribution in [0.5, 0.6) is 11.5 Å². The van der Waals surface area contributed by atoms with Crippen molar-refractivity contribution in [2.24, 2.45) is 0 Å². The molecular weight excluding hydrogens is 411 g/mol. The second-order valence-electron chi connectivity index (χ2n) is 5.74. The fourth-order valence-electron chi connectivity index (χ4n) is 2.50. The summed E-state index contributed by atoms with van der Waals surface area (Å²) in [6.07, 6.45) is -2.77. The van der Waals surface area contributed by atoms with Crippen molar-refractivity contribution in [3.05, 3.63) is 64.1 Å². The zero-order valence-electron chi connectivity index (χ0n) is 14.5. The normalized spacial score (nSPS) is 15.6. The fraction of sp³-hybridized carbons (Fsp3) is 0.158. The van der Waals surface area contributed by atoms with Crippen molar-refractivity contribution in [1.82, 2.24) is 5.32 Å². The molecule has 0 saturated carbocycles. The Kier molecular flexibility index (Phi) is 5.95.